The fourth-order valence-corrected chi connectivity index (χ4v) is 6.44. The Kier molecular flexibility index (Phi) is 10.0. The van der Waals surface area contributed by atoms with E-state index in [2.05, 4.69) is 11.8 Å². The quantitative estimate of drug-likeness (QED) is 0.264. The normalized spacial score (nSPS) is 21.8. The van der Waals surface area contributed by atoms with Gasteiger partial charge in [-0.05, 0) is 89.9 Å². The Balaban J connectivity index is 1.68. The molecule has 1 saturated heterocycles. The first kappa shape index (κ1) is 29.1. The van der Waals surface area contributed by atoms with Gasteiger partial charge in [0.05, 0.1) is 18.0 Å². The predicted molar refractivity (Wildman–Crippen MR) is 152 cm³/mol. The van der Waals surface area contributed by atoms with Crippen LogP contribution in [0.1, 0.15) is 75.4 Å². The molecule has 1 saturated carbocycles. The lowest BCUT2D eigenvalue weighted by Gasteiger charge is -2.42. The lowest BCUT2D eigenvalue weighted by atomic mass is 9.82. The van der Waals surface area contributed by atoms with Gasteiger partial charge in [-0.3, -0.25) is 14.6 Å². The van der Waals surface area contributed by atoms with E-state index in [4.69, 9.17) is 14.2 Å². The molecule has 1 amide bonds. The number of ether oxygens (including phenoxy) is 3. The Labute approximate surface area is 235 Å². The highest BCUT2D eigenvalue weighted by Crippen LogP contribution is 2.41. The lowest BCUT2D eigenvalue weighted by Crippen LogP contribution is -2.54. The third-order valence-corrected chi connectivity index (χ3v) is 8.70. The summed E-state index contributed by atoms with van der Waals surface area (Å²) in [5, 5.41) is 0. The molecule has 1 unspecified atom stereocenters. The summed E-state index contributed by atoms with van der Waals surface area (Å²) in [6, 6.07) is 11.7. The van der Waals surface area contributed by atoms with Crippen molar-refractivity contribution in [3.05, 3.63) is 41.3 Å². The largest absolute Gasteiger partial charge is 0.511 e. The second kappa shape index (κ2) is 13.4. The summed E-state index contributed by atoms with van der Waals surface area (Å²) < 4.78 is 15.3. The smallest absolute Gasteiger partial charge is 0.431 e. The van der Waals surface area contributed by atoms with Crippen LogP contribution in [0.3, 0.4) is 0 Å². The number of likely N-dealkylation sites (tertiary alicyclic amines) is 1. The van der Waals surface area contributed by atoms with E-state index in [1.807, 2.05) is 48.3 Å². The van der Waals surface area contributed by atoms with Crippen molar-refractivity contribution in [3.8, 4) is 10.4 Å². The molecule has 1 aromatic heterocycles. The minimum atomic E-state index is -0.902. The Bertz CT molecular complexity index is 1130. The molecule has 1 aliphatic carbocycles. The zero-order chi connectivity index (χ0) is 27.9. The third-order valence-electron chi connectivity index (χ3n) is 7.55. The van der Waals surface area contributed by atoms with E-state index in [1.165, 1.54) is 11.3 Å². The molecule has 0 radical (unpaired) electrons. The van der Waals surface area contributed by atoms with E-state index < -0.39 is 18.9 Å². The molecule has 212 valence electrons. The van der Waals surface area contributed by atoms with Crippen molar-refractivity contribution in [1.29, 1.82) is 0 Å². The molecule has 9 heteroatoms. The summed E-state index contributed by atoms with van der Waals surface area (Å²) in [7, 11) is 2.05. The van der Waals surface area contributed by atoms with Gasteiger partial charge in [0.15, 0.2) is 0 Å². The van der Waals surface area contributed by atoms with Crippen molar-refractivity contribution < 1.29 is 28.6 Å². The molecule has 4 rings (SSSR count). The van der Waals surface area contributed by atoms with Crippen molar-refractivity contribution in [2.24, 2.45) is 11.8 Å². The van der Waals surface area contributed by atoms with Crippen LogP contribution >= 0.6 is 11.3 Å². The van der Waals surface area contributed by atoms with Gasteiger partial charge in [-0.2, -0.15) is 0 Å². The molecule has 8 nitrogen and oxygen atoms in total. The highest BCUT2D eigenvalue weighted by Gasteiger charge is 2.38. The lowest BCUT2D eigenvalue weighted by molar-refractivity contribution is -0.125. The molecular formula is C30H40N2O6S. The van der Waals surface area contributed by atoms with E-state index in [9.17, 15) is 14.4 Å². The van der Waals surface area contributed by atoms with Crippen molar-refractivity contribution in [1.82, 2.24) is 4.90 Å². The van der Waals surface area contributed by atoms with Crippen molar-refractivity contribution in [3.63, 3.8) is 0 Å². The highest BCUT2D eigenvalue weighted by atomic mass is 32.1. The number of benzene rings is 1. The number of hydrogen-bond donors (Lipinski definition) is 0. The SMILES string of the molecule is CC1CCC(C(=O)N(c2cc(-c3ccccc3)sc2C(=O)OCOC(=O)OC(C)C)C2CCCCN2C)CC1. The van der Waals surface area contributed by atoms with Gasteiger partial charge < -0.3 is 14.2 Å². The number of anilines is 1. The monoisotopic (exact) mass is 556 g/mol. The topological polar surface area (TPSA) is 85.4 Å². The van der Waals surface area contributed by atoms with Crippen LogP contribution in [0.4, 0.5) is 10.5 Å². The standard InChI is InChI=1S/C30H40N2O6S/c1-20(2)38-30(35)37-19-36-29(34)27-24(18-25(39-27)22-10-6-5-7-11-22)32(26-12-8-9-17-31(26)4)28(33)23-15-13-21(3)14-16-23/h5-7,10-11,18,20-21,23,26H,8-9,12-17,19H2,1-4H3. The number of rotatable bonds is 8. The molecule has 0 N–H and O–H groups in total. The molecule has 2 aromatic rings. The first-order valence-corrected chi connectivity index (χ1v) is 14.8. The van der Waals surface area contributed by atoms with Gasteiger partial charge in [-0.25, -0.2) is 9.59 Å². The van der Waals surface area contributed by atoms with E-state index in [0.29, 0.717) is 16.5 Å². The first-order valence-electron chi connectivity index (χ1n) is 14.0. The van der Waals surface area contributed by atoms with Crippen LogP contribution in [0.2, 0.25) is 0 Å². The molecule has 2 aliphatic rings. The van der Waals surface area contributed by atoms with Gasteiger partial charge in [0.1, 0.15) is 4.88 Å². The minimum absolute atomic E-state index is 0.0730. The zero-order valence-corrected chi connectivity index (χ0v) is 24.2. The summed E-state index contributed by atoms with van der Waals surface area (Å²) in [5.41, 5.74) is 1.52. The van der Waals surface area contributed by atoms with Crippen LogP contribution in [0.25, 0.3) is 10.4 Å². The Morgan fingerprint density at radius 3 is 2.41 bits per heavy atom. The van der Waals surface area contributed by atoms with E-state index in [-0.39, 0.29) is 24.1 Å². The van der Waals surface area contributed by atoms with E-state index in [0.717, 1.165) is 61.9 Å². The number of amides is 1. The molecule has 1 atom stereocenters. The number of piperidine rings is 1. The first-order chi connectivity index (χ1) is 18.7. The van der Waals surface area contributed by atoms with Crippen LogP contribution in [-0.4, -0.2) is 55.6 Å². The average molecular weight is 557 g/mol. The Morgan fingerprint density at radius 1 is 1.03 bits per heavy atom. The number of thiophene rings is 1. The van der Waals surface area contributed by atoms with Crippen LogP contribution < -0.4 is 4.90 Å². The number of esters is 1. The molecular weight excluding hydrogens is 516 g/mol. The molecule has 0 bridgehead atoms. The maximum absolute atomic E-state index is 14.2. The predicted octanol–water partition coefficient (Wildman–Crippen LogP) is 6.69. The molecule has 0 spiro atoms. The maximum atomic E-state index is 14.2. The molecule has 39 heavy (non-hydrogen) atoms. The van der Waals surface area contributed by atoms with Gasteiger partial charge in [-0.1, -0.05) is 37.3 Å². The second-order valence-electron chi connectivity index (χ2n) is 10.9. The van der Waals surface area contributed by atoms with Crippen LogP contribution in [0, 0.1) is 11.8 Å². The third kappa shape index (κ3) is 7.39. The molecule has 2 fully saturated rings. The van der Waals surface area contributed by atoms with E-state index >= 15 is 0 Å². The summed E-state index contributed by atoms with van der Waals surface area (Å²) in [6.07, 6.45) is 5.30. The fourth-order valence-electron chi connectivity index (χ4n) is 5.39. The maximum Gasteiger partial charge on any atom is 0.511 e. The summed E-state index contributed by atoms with van der Waals surface area (Å²) in [4.78, 5) is 44.7. The van der Waals surface area contributed by atoms with Gasteiger partial charge in [0, 0.05) is 10.8 Å². The zero-order valence-electron chi connectivity index (χ0n) is 23.4. The molecule has 1 aromatic carbocycles. The number of nitrogens with zero attached hydrogens (tertiary/aromatic N) is 2. The molecule has 2 heterocycles. The van der Waals surface area contributed by atoms with Gasteiger partial charge in [-0.15, -0.1) is 11.3 Å². The average Bonchev–Trinajstić information content (AvgIpc) is 3.35. The Hall–Kier alpha value is -2.91. The number of carbonyl (C=O) groups excluding carboxylic acids is 3. The van der Waals surface area contributed by atoms with Crippen LogP contribution in [-0.2, 0) is 19.0 Å². The van der Waals surface area contributed by atoms with Crippen molar-refractivity contribution >= 4 is 35.1 Å². The van der Waals surface area contributed by atoms with Gasteiger partial charge in [0.25, 0.3) is 0 Å². The Morgan fingerprint density at radius 2 is 1.74 bits per heavy atom. The number of carbonyl (C=O) groups is 3. The summed E-state index contributed by atoms with van der Waals surface area (Å²) in [6.45, 7) is 5.97. The summed E-state index contributed by atoms with van der Waals surface area (Å²) in [5.74, 6) is -0.0138. The van der Waals surface area contributed by atoms with Crippen molar-refractivity contribution in [2.75, 3.05) is 25.3 Å². The highest BCUT2D eigenvalue weighted by molar-refractivity contribution is 7.18. The second-order valence-corrected chi connectivity index (χ2v) is 12.0. The fraction of sp³-hybridized carbons (Fsp3) is 0.567. The number of hydrogen-bond acceptors (Lipinski definition) is 8. The van der Waals surface area contributed by atoms with Crippen LogP contribution in [0.15, 0.2) is 36.4 Å². The van der Waals surface area contributed by atoms with Crippen LogP contribution in [0.5, 0.6) is 0 Å². The van der Waals surface area contributed by atoms with Gasteiger partial charge >= 0.3 is 12.1 Å². The minimum Gasteiger partial charge on any atom is -0.431 e. The van der Waals surface area contributed by atoms with Gasteiger partial charge in [0.2, 0.25) is 12.7 Å². The molecule has 1 aliphatic heterocycles. The van der Waals surface area contributed by atoms with Crippen molar-refractivity contribution in [2.45, 2.75) is 78.0 Å². The van der Waals surface area contributed by atoms with E-state index in [1.54, 1.807) is 13.8 Å². The summed E-state index contributed by atoms with van der Waals surface area (Å²) >= 11 is 1.29.